The van der Waals surface area contributed by atoms with Crippen LogP contribution >= 0.6 is 0 Å². The van der Waals surface area contributed by atoms with Crippen LogP contribution in [0.1, 0.15) is 25.0 Å². The molecule has 0 aliphatic carbocycles. The van der Waals surface area contributed by atoms with Crippen LogP contribution in [0, 0.1) is 6.92 Å². The van der Waals surface area contributed by atoms with Crippen LogP contribution in [-0.4, -0.2) is 20.6 Å². The number of aryl methyl sites for hydroxylation is 1. The Morgan fingerprint density at radius 2 is 2.16 bits per heavy atom. The topological polar surface area (TPSA) is 55.1 Å². The summed E-state index contributed by atoms with van der Waals surface area (Å²) in [4.78, 5) is 14.6. The summed E-state index contributed by atoms with van der Waals surface area (Å²) >= 11 is 0. The smallest absolute Gasteiger partial charge is 0.303 e. The molecule has 2 aromatic heterocycles. The van der Waals surface area contributed by atoms with Gasteiger partial charge in [-0.2, -0.15) is 0 Å². The number of carboxylic acid groups (broad SMARTS) is 1. The summed E-state index contributed by atoms with van der Waals surface area (Å²) in [5, 5.41) is 8.64. The molecule has 0 aliphatic heterocycles. The van der Waals surface area contributed by atoms with Crippen molar-refractivity contribution in [1.82, 2.24) is 9.55 Å². The molecule has 0 fully saturated rings. The van der Waals surface area contributed by atoms with Crippen LogP contribution in [-0.2, 0) is 11.3 Å². The van der Waals surface area contributed by atoms with E-state index in [2.05, 4.69) is 28.6 Å². The number of aromatic nitrogens is 2. The number of aliphatic carboxylic acids is 1. The van der Waals surface area contributed by atoms with E-state index in [-0.39, 0.29) is 6.42 Å². The molecule has 2 rings (SSSR count). The summed E-state index contributed by atoms with van der Waals surface area (Å²) in [6.45, 7) is 2.91. The van der Waals surface area contributed by atoms with Crippen LogP contribution in [0.25, 0.3) is 11.3 Å². The quantitative estimate of drug-likeness (QED) is 0.810. The fourth-order valence-corrected chi connectivity index (χ4v) is 2.18. The number of carboxylic acids is 1. The second-order valence-electron chi connectivity index (χ2n) is 4.60. The lowest BCUT2D eigenvalue weighted by molar-refractivity contribution is -0.137. The van der Waals surface area contributed by atoms with Gasteiger partial charge in [0.05, 0.1) is 0 Å². The molecule has 4 heteroatoms. The Balaban J connectivity index is 2.08. The lowest BCUT2D eigenvalue weighted by Crippen LogP contribution is -2.03. The van der Waals surface area contributed by atoms with Crippen LogP contribution in [0.2, 0.25) is 0 Å². The van der Waals surface area contributed by atoms with Gasteiger partial charge >= 0.3 is 5.97 Å². The minimum absolute atomic E-state index is 0.239. The van der Waals surface area contributed by atoms with Crippen LogP contribution in [0.15, 0.2) is 36.7 Å². The molecule has 100 valence electrons. The predicted molar refractivity (Wildman–Crippen MR) is 73.9 cm³/mol. The van der Waals surface area contributed by atoms with E-state index in [0.29, 0.717) is 6.42 Å². The van der Waals surface area contributed by atoms with Crippen LogP contribution < -0.4 is 0 Å². The summed E-state index contributed by atoms with van der Waals surface area (Å²) in [7, 11) is 0. The minimum atomic E-state index is -0.725. The van der Waals surface area contributed by atoms with E-state index in [9.17, 15) is 4.79 Å². The molecule has 2 aromatic rings. The molecule has 0 aliphatic rings. The molecule has 0 radical (unpaired) electrons. The van der Waals surface area contributed by atoms with Gasteiger partial charge in [0, 0.05) is 42.3 Å². The molecular weight excluding hydrogens is 240 g/mol. The summed E-state index contributed by atoms with van der Waals surface area (Å²) in [5.74, 6) is -0.725. The zero-order valence-electron chi connectivity index (χ0n) is 11.0. The van der Waals surface area contributed by atoms with Crippen molar-refractivity contribution in [3.05, 3.63) is 42.4 Å². The van der Waals surface area contributed by atoms with E-state index in [0.717, 1.165) is 24.2 Å². The van der Waals surface area contributed by atoms with Crippen LogP contribution in [0.5, 0.6) is 0 Å². The molecule has 0 aromatic carbocycles. The molecule has 1 N–H and O–H groups in total. The standard InChI is InChI=1S/C15H18N2O2/c1-12-7-8-14(13-5-4-9-16-11-13)17(12)10-3-2-6-15(18)19/h4-5,7-9,11H,2-3,6,10H2,1H3,(H,18,19). The first-order valence-corrected chi connectivity index (χ1v) is 6.47. The monoisotopic (exact) mass is 258 g/mol. The second kappa shape index (κ2) is 6.18. The summed E-state index contributed by atoms with van der Waals surface area (Å²) in [5.41, 5.74) is 3.42. The third-order valence-corrected chi connectivity index (χ3v) is 3.18. The normalized spacial score (nSPS) is 10.6. The molecule has 0 saturated heterocycles. The second-order valence-corrected chi connectivity index (χ2v) is 4.60. The molecule has 0 atom stereocenters. The Kier molecular flexibility index (Phi) is 4.34. The van der Waals surface area contributed by atoms with Gasteiger partial charge in [-0.05, 0) is 44.0 Å². The van der Waals surface area contributed by atoms with Crippen molar-refractivity contribution in [3.8, 4) is 11.3 Å². The highest BCUT2D eigenvalue weighted by Gasteiger charge is 2.07. The van der Waals surface area contributed by atoms with Gasteiger partial charge in [-0.25, -0.2) is 0 Å². The highest BCUT2D eigenvalue weighted by Crippen LogP contribution is 2.22. The summed E-state index contributed by atoms with van der Waals surface area (Å²) in [6.07, 6.45) is 5.43. The largest absolute Gasteiger partial charge is 0.481 e. The first kappa shape index (κ1) is 13.3. The lowest BCUT2D eigenvalue weighted by Gasteiger charge is -2.11. The van der Waals surface area contributed by atoms with Gasteiger partial charge in [0.1, 0.15) is 0 Å². The maximum Gasteiger partial charge on any atom is 0.303 e. The maximum atomic E-state index is 10.5. The van der Waals surface area contributed by atoms with Gasteiger partial charge in [-0.1, -0.05) is 0 Å². The molecule has 0 bridgehead atoms. The van der Waals surface area contributed by atoms with Crippen molar-refractivity contribution < 1.29 is 9.90 Å². The first-order chi connectivity index (χ1) is 9.18. The molecule has 0 unspecified atom stereocenters. The molecule has 2 heterocycles. The molecule has 19 heavy (non-hydrogen) atoms. The number of hydrogen-bond acceptors (Lipinski definition) is 2. The van der Waals surface area contributed by atoms with Crippen LogP contribution in [0.4, 0.5) is 0 Å². The Bertz CT molecular complexity index is 547. The van der Waals surface area contributed by atoms with Gasteiger partial charge in [-0.15, -0.1) is 0 Å². The summed E-state index contributed by atoms with van der Waals surface area (Å²) < 4.78 is 2.22. The van der Waals surface area contributed by atoms with E-state index >= 15 is 0 Å². The van der Waals surface area contributed by atoms with Crippen molar-refractivity contribution in [1.29, 1.82) is 0 Å². The van der Waals surface area contributed by atoms with E-state index in [1.54, 1.807) is 6.20 Å². The summed E-state index contributed by atoms with van der Waals surface area (Å²) in [6, 6.07) is 8.13. The minimum Gasteiger partial charge on any atom is -0.481 e. The maximum absolute atomic E-state index is 10.5. The SMILES string of the molecule is Cc1ccc(-c2cccnc2)n1CCCCC(=O)O. The fourth-order valence-electron chi connectivity index (χ4n) is 2.18. The number of nitrogens with zero attached hydrogens (tertiary/aromatic N) is 2. The number of rotatable bonds is 6. The van der Waals surface area contributed by atoms with Crippen molar-refractivity contribution in [2.75, 3.05) is 0 Å². The molecular formula is C15H18N2O2. The Hall–Kier alpha value is -2.10. The molecule has 4 nitrogen and oxygen atoms in total. The average molecular weight is 258 g/mol. The molecule has 0 saturated carbocycles. The van der Waals surface area contributed by atoms with Crippen molar-refractivity contribution in [3.63, 3.8) is 0 Å². The predicted octanol–water partition coefficient (Wildman–Crippen LogP) is 3.11. The van der Waals surface area contributed by atoms with Gasteiger partial charge in [0.15, 0.2) is 0 Å². The number of unbranched alkanes of at least 4 members (excludes halogenated alkanes) is 1. The fraction of sp³-hybridized carbons (Fsp3) is 0.333. The van der Waals surface area contributed by atoms with Crippen molar-refractivity contribution in [2.24, 2.45) is 0 Å². The van der Waals surface area contributed by atoms with Gasteiger partial charge in [-0.3, -0.25) is 9.78 Å². The zero-order valence-corrected chi connectivity index (χ0v) is 11.0. The lowest BCUT2D eigenvalue weighted by atomic mass is 10.2. The van der Waals surface area contributed by atoms with Gasteiger partial charge in [0.2, 0.25) is 0 Å². The molecule has 0 spiro atoms. The Morgan fingerprint density at radius 1 is 1.32 bits per heavy atom. The third-order valence-electron chi connectivity index (χ3n) is 3.18. The molecule has 0 amide bonds. The van der Waals surface area contributed by atoms with Crippen molar-refractivity contribution >= 4 is 5.97 Å². The zero-order chi connectivity index (χ0) is 13.7. The third kappa shape index (κ3) is 3.44. The highest BCUT2D eigenvalue weighted by atomic mass is 16.4. The number of hydrogen-bond donors (Lipinski definition) is 1. The average Bonchev–Trinajstić information content (AvgIpc) is 2.77. The van der Waals surface area contributed by atoms with E-state index in [1.807, 2.05) is 18.3 Å². The van der Waals surface area contributed by atoms with Gasteiger partial charge < -0.3 is 9.67 Å². The van der Waals surface area contributed by atoms with Crippen molar-refractivity contribution in [2.45, 2.75) is 32.7 Å². The van der Waals surface area contributed by atoms with E-state index in [4.69, 9.17) is 5.11 Å². The van der Waals surface area contributed by atoms with Crippen LogP contribution in [0.3, 0.4) is 0 Å². The Morgan fingerprint density at radius 3 is 2.84 bits per heavy atom. The van der Waals surface area contributed by atoms with Gasteiger partial charge in [0.25, 0.3) is 0 Å². The first-order valence-electron chi connectivity index (χ1n) is 6.47. The number of pyridine rings is 1. The van der Waals surface area contributed by atoms with E-state index in [1.165, 1.54) is 5.69 Å². The Labute approximate surface area is 112 Å². The number of carbonyl (C=O) groups is 1. The highest BCUT2D eigenvalue weighted by molar-refractivity contribution is 5.66. The van der Waals surface area contributed by atoms with E-state index < -0.39 is 5.97 Å².